The fourth-order valence-corrected chi connectivity index (χ4v) is 4.26. The number of hydrogen-bond acceptors (Lipinski definition) is 4. The van der Waals surface area contributed by atoms with Gasteiger partial charge in [-0.1, -0.05) is 29.8 Å². The largest absolute Gasteiger partial charge is 0.401 e. The van der Waals surface area contributed by atoms with Crippen molar-refractivity contribution in [1.82, 2.24) is 20.4 Å². The van der Waals surface area contributed by atoms with Crippen molar-refractivity contribution in [2.45, 2.75) is 24.7 Å². The summed E-state index contributed by atoms with van der Waals surface area (Å²) in [6, 6.07) is 7.74. The Balaban J connectivity index is 0.00000341. The Morgan fingerprint density at radius 2 is 1.97 bits per heavy atom. The summed E-state index contributed by atoms with van der Waals surface area (Å²) >= 11 is 6.46. The van der Waals surface area contributed by atoms with Crippen LogP contribution in [-0.4, -0.2) is 87.5 Å². The Morgan fingerprint density at radius 3 is 2.61 bits per heavy atom. The Hall–Kier alpha value is -0.820. The average molecular weight is 576 g/mol. The number of guanidine groups is 1. The SMILES string of the molecule is CN=C(NCC(c1ccccc1Cl)N1CCOCC1)NC1CCN(CC(F)(F)F)C1.I. The van der Waals surface area contributed by atoms with Gasteiger partial charge in [-0.15, -0.1) is 24.0 Å². The molecule has 1 aromatic rings. The molecule has 0 radical (unpaired) electrons. The van der Waals surface area contributed by atoms with Gasteiger partial charge in [0.05, 0.1) is 25.8 Å². The zero-order chi connectivity index (χ0) is 21.6. The molecule has 0 spiro atoms. The lowest BCUT2D eigenvalue weighted by Gasteiger charge is -2.35. The van der Waals surface area contributed by atoms with E-state index < -0.39 is 12.7 Å². The standard InChI is InChI=1S/C20H29ClF3N5O.HI/c1-25-19(27-15-6-7-28(13-15)14-20(22,23)24)26-12-18(29-8-10-30-11-9-29)16-4-2-3-5-17(16)21;/h2-5,15,18H,6-14H2,1H3,(H2,25,26,27);1H. The minimum absolute atomic E-state index is 0. The molecule has 2 fully saturated rings. The van der Waals surface area contributed by atoms with E-state index in [9.17, 15) is 13.2 Å². The molecule has 3 rings (SSSR count). The quantitative estimate of drug-likeness (QED) is 0.310. The minimum Gasteiger partial charge on any atom is -0.379 e. The summed E-state index contributed by atoms with van der Waals surface area (Å²) in [5, 5.41) is 7.30. The summed E-state index contributed by atoms with van der Waals surface area (Å²) in [5.74, 6) is 0.583. The van der Waals surface area contributed by atoms with Gasteiger partial charge in [0.25, 0.3) is 0 Å². The molecule has 0 bridgehead atoms. The fraction of sp³-hybridized carbons (Fsp3) is 0.650. The number of likely N-dealkylation sites (tertiary alicyclic amines) is 1. The van der Waals surface area contributed by atoms with E-state index in [1.54, 1.807) is 7.05 Å². The third-order valence-electron chi connectivity index (χ3n) is 5.45. The van der Waals surface area contributed by atoms with E-state index in [1.807, 2.05) is 24.3 Å². The van der Waals surface area contributed by atoms with Crippen LogP contribution in [0.4, 0.5) is 13.2 Å². The molecule has 2 aliphatic rings. The number of nitrogens with zero attached hydrogens (tertiary/aromatic N) is 3. The van der Waals surface area contributed by atoms with Gasteiger partial charge in [0.1, 0.15) is 0 Å². The second kappa shape index (κ2) is 12.4. The number of halogens is 5. The van der Waals surface area contributed by atoms with Crippen LogP contribution >= 0.6 is 35.6 Å². The molecule has 0 saturated carbocycles. The van der Waals surface area contributed by atoms with Crippen molar-refractivity contribution in [1.29, 1.82) is 0 Å². The van der Waals surface area contributed by atoms with Gasteiger partial charge in [0.15, 0.2) is 5.96 Å². The third kappa shape index (κ3) is 8.23. The molecule has 176 valence electrons. The lowest BCUT2D eigenvalue weighted by molar-refractivity contribution is -0.143. The van der Waals surface area contributed by atoms with Crippen LogP contribution in [0.5, 0.6) is 0 Å². The number of nitrogens with one attached hydrogen (secondary N) is 2. The van der Waals surface area contributed by atoms with Gasteiger partial charge in [-0.25, -0.2) is 0 Å². The number of hydrogen-bond donors (Lipinski definition) is 2. The van der Waals surface area contributed by atoms with Crippen LogP contribution in [0.25, 0.3) is 0 Å². The number of morpholine rings is 1. The predicted octanol–water partition coefficient (Wildman–Crippen LogP) is 3.13. The molecular formula is C20H30ClF3IN5O. The van der Waals surface area contributed by atoms with Crippen LogP contribution in [0.1, 0.15) is 18.0 Å². The second-order valence-electron chi connectivity index (χ2n) is 7.62. The maximum Gasteiger partial charge on any atom is 0.401 e. The van der Waals surface area contributed by atoms with Crippen molar-refractivity contribution in [3.05, 3.63) is 34.9 Å². The minimum atomic E-state index is -4.17. The average Bonchev–Trinajstić information content (AvgIpc) is 3.14. The van der Waals surface area contributed by atoms with Crippen LogP contribution in [0.2, 0.25) is 5.02 Å². The molecule has 6 nitrogen and oxygen atoms in total. The molecule has 0 aromatic heterocycles. The van der Waals surface area contributed by atoms with Gasteiger partial charge in [-0.2, -0.15) is 13.2 Å². The van der Waals surface area contributed by atoms with Crippen LogP contribution in [-0.2, 0) is 4.74 Å². The van der Waals surface area contributed by atoms with Gasteiger partial charge >= 0.3 is 6.18 Å². The summed E-state index contributed by atoms with van der Waals surface area (Å²) in [6.45, 7) is 3.42. The Morgan fingerprint density at radius 1 is 1.26 bits per heavy atom. The first-order valence-corrected chi connectivity index (χ1v) is 10.6. The number of benzene rings is 1. The summed E-state index contributed by atoms with van der Waals surface area (Å²) in [5.41, 5.74) is 1.03. The highest BCUT2D eigenvalue weighted by molar-refractivity contribution is 14.0. The summed E-state index contributed by atoms with van der Waals surface area (Å²) in [7, 11) is 1.66. The van der Waals surface area contributed by atoms with Gasteiger partial charge < -0.3 is 15.4 Å². The van der Waals surface area contributed by atoms with E-state index in [4.69, 9.17) is 16.3 Å². The highest BCUT2D eigenvalue weighted by Crippen LogP contribution is 2.28. The molecule has 31 heavy (non-hydrogen) atoms. The lowest BCUT2D eigenvalue weighted by Crippen LogP contribution is -2.49. The Bertz CT molecular complexity index is 718. The topological polar surface area (TPSA) is 52.1 Å². The number of alkyl halides is 3. The van der Waals surface area contributed by atoms with Crippen LogP contribution in [0, 0.1) is 0 Å². The fourth-order valence-electron chi connectivity index (χ4n) is 4.00. The zero-order valence-corrected chi connectivity index (χ0v) is 20.6. The van der Waals surface area contributed by atoms with Crippen molar-refractivity contribution >= 4 is 41.5 Å². The van der Waals surface area contributed by atoms with Gasteiger partial charge in [0, 0.05) is 50.8 Å². The van der Waals surface area contributed by atoms with E-state index in [0.29, 0.717) is 50.3 Å². The number of aliphatic imine (C=N–C) groups is 1. The summed E-state index contributed by atoms with van der Waals surface area (Å²) in [4.78, 5) is 8.01. The maximum absolute atomic E-state index is 12.6. The van der Waals surface area contributed by atoms with E-state index in [2.05, 4.69) is 20.5 Å². The van der Waals surface area contributed by atoms with Crippen molar-refractivity contribution < 1.29 is 17.9 Å². The molecule has 0 aliphatic carbocycles. The molecule has 2 N–H and O–H groups in total. The van der Waals surface area contributed by atoms with Crippen LogP contribution < -0.4 is 10.6 Å². The monoisotopic (exact) mass is 575 g/mol. The molecule has 2 heterocycles. The molecule has 2 aliphatic heterocycles. The third-order valence-corrected chi connectivity index (χ3v) is 5.80. The first-order valence-electron chi connectivity index (χ1n) is 10.2. The summed E-state index contributed by atoms with van der Waals surface area (Å²) in [6.07, 6.45) is -3.52. The zero-order valence-electron chi connectivity index (χ0n) is 17.5. The molecule has 1 aromatic carbocycles. The Labute approximate surface area is 203 Å². The number of rotatable bonds is 6. The van der Waals surface area contributed by atoms with E-state index in [-0.39, 0.29) is 36.1 Å². The maximum atomic E-state index is 12.6. The van der Waals surface area contributed by atoms with Crippen molar-refractivity contribution in [3.8, 4) is 0 Å². The lowest BCUT2D eigenvalue weighted by atomic mass is 10.0. The van der Waals surface area contributed by atoms with E-state index in [0.717, 1.165) is 18.7 Å². The highest BCUT2D eigenvalue weighted by Gasteiger charge is 2.34. The molecule has 11 heteroatoms. The van der Waals surface area contributed by atoms with Crippen LogP contribution in [0.3, 0.4) is 0 Å². The van der Waals surface area contributed by atoms with Crippen LogP contribution in [0.15, 0.2) is 29.3 Å². The van der Waals surface area contributed by atoms with E-state index in [1.165, 1.54) is 4.90 Å². The van der Waals surface area contributed by atoms with Gasteiger partial charge in [-0.05, 0) is 18.1 Å². The molecule has 2 unspecified atom stereocenters. The smallest absolute Gasteiger partial charge is 0.379 e. The Kier molecular flexibility index (Phi) is 10.6. The molecule has 0 amide bonds. The molecule has 2 saturated heterocycles. The van der Waals surface area contributed by atoms with E-state index >= 15 is 0 Å². The van der Waals surface area contributed by atoms with Crippen molar-refractivity contribution in [2.75, 3.05) is 59.5 Å². The first-order chi connectivity index (χ1) is 14.4. The summed E-state index contributed by atoms with van der Waals surface area (Å²) < 4.78 is 43.3. The predicted molar refractivity (Wildman–Crippen MR) is 127 cm³/mol. The van der Waals surface area contributed by atoms with Gasteiger partial charge in [0.2, 0.25) is 0 Å². The van der Waals surface area contributed by atoms with Crippen molar-refractivity contribution in [2.24, 2.45) is 4.99 Å². The molecular weight excluding hydrogens is 546 g/mol. The highest BCUT2D eigenvalue weighted by atomic mass is 127. The normalized spacial score (nSPS) is 22.1. The first kappa shape index (κ1) is 26.4. The second-order valence-corrected chi connectivity index (χ2v) is 8.03. The number of ether oxygens (including phenoxy) is 1. The van der Waals surface area contributed by atoms with Crippen molar-refractivity contribution in [3.63, 3.8) is 0 Å². The molecule has 2 atom stereocenters. The van der Waals surface area contributed by atoms with Gasteiger partial charge in [-0.3, -0.25) is 14.8 Å².